The van der Waals surface area contributed by atoms with Crippen LogP contribution in [0.5, 0.6) is 0 Å². The van der Waals surface area contributed by atoms with Gasteiger partial charge in [-0.15, -0.1) is 10.2 Å². The van der Waals surface area contributed by atoms with Crippen LogP contribution >= 0.6 is 11.3 Å². The van der Waals surface area contributed by atoms with Crippen LogP contribution in [0.25, 0.3) is 10.6 Å². The van der Waals surface area contributed by atoms with Crippen molar-refractivity contribution in [2.45, 2.75) is 39.7 Å². The van der Waals surface area contributed by atoms with Gasteiger partial charge in [-0.1, -0.05) is 44.2 Å². The van der Waals surface area contributed by atoms with Gasteiger partial charge in [-0.05, 0) is 29.5 Å². The van der Waals surface area contributed by atoms with Gasteiger partial charge in [-0.2, -0.15) is 0 Å². The van der Waals surface area contributed by atoms with Crippen molar-refractivity contribution < 1.29 is 0 Å². The molecule has 1 heterocycles. The van der Waals surface area contributed by atoms with E-state index < -0.39 is 0 Å². The van der Waals surface area contributed by atoms with Gasteiger partial charge in [-0.3, -0.25) is 0 Å². The van der Waals surface area contributed by atoms with Gasteiger partial charge in [0, 0.05) is 12.1 Å². The predicted molar refractivity (Wildman–Crippen MR) is 76.7 cm³/mol. The molecule has 0 saturated heterocycles. The zero-order chi connectivity index (χ0) is 13.3. The highest BCUT2D eigenvalue weighted by atomic mass is 32.1. The van der Waals surface area contributed by atoms with E-state index in [0.29, 0.717) is 6.54 Å². The molecule has 0 aliphatic carbocycles. The Hall–Kier alpha value is -1.26. The minimum atomic E-state index is 0.143. The first-order valence-electron chi connectivity index (χ1n) is 6.06. The van der Waals surface area contributed by atoms with Crippen LogP contribution in [-0.2, 0) is 12.0 Å². The van der Waals surface area contributed by atoms with Crippen molar-refractivity contribution in [2.75, 3.05) is 0 Å². The number of hydrogen-bond donors (Lipinski definition) is 1. The second kappa shape index (κ2) is 4.78. The van der Waals surface area contributed by atoms with Crippen molar-refractivity contribution in [3.63, 3.8) is 0 Å². The Morgan fingerprint density at radius 1 is 1.22 bits per heavy atom. The van der Waals surface area contributed by atoms with Crippen LogP contribution in [0.1, 0.15) is 36.9 Å². The van der Waals surface area contributed by atoms with Crippen LogP contribution in [0.4, 0.5) is 0 Å². The molecule has 0 spiro atoms. The molecule has 0 atom stereocenters. The lowest BCUT2D eigenvalue weighted by atomic mass is 9.85. The average Bonchev–Trinajstić information content (AvgIpc) is 2.76. The van der Waals surface area contributed by atoms with Crippen LogP contribution in [0.2, 0.25) is 0 Å². The highest BCUT2D eigenvalue weighted by molar-refractivity contribution is 7.14. The molecule has 0 aliphatic rings. The molecule has 18 heavy (non-hydrogen) atoms. The molecule has 2 N–H and O–H groups in total. The maximum absolute atomic E-state index is 5.59. The Labute approximate surface area is 112 Å². The van der Waals surface area contributed by atoms with Crippen LogP contribution in [0.15, 0.2) is 18.2 Å². The maximum atomic E-state index is 5.59. The molecule has 1 aromatic carbocycles. The van der Waals surface area contributed by atoms with E-state index in [1.807, 2.05) is 0 Å². The van der Waals surface area contributed by atoms with Crippen LogP contribution < -0.4 is 5.73 Å². The normalized spacial score (nSPS) is 11.8. The molecular formula is C14H19N3S. The molecule has 2 rings (SSSR count). The third kappa shape index (κ3) is 2.60. The highest BCUT2D eigenvalue weighted by Gasteiger charge is 2.16. The molecule has 0 fully saturated rings. The number of nitrogens with two attached hydrogens (primary N) is 1. The molecule has 96 valence electrons. The molecular weight excluding hydrogens is 242 g/mol. The fourth-order valence-corrected chi connectivity index (χ4v) is 2.56. The van der Waals surface area contributed by atoms with Crippen molar-refractivity contribution in [3.05, 3.63) is 34.3 Å². The van der Waals surface area contributed by atoms with Gasteiger partial charge in [0.05, 0.1) is 0 Å². The van der Waals surface area contributed by atoms with Gasteiger partial charge in [-0.25, -0.2) is 0 Å². The lowest BCUT2D eigenvalue weighted by molar-refractivity contribution is 0.590. The van der Waals surface area contributed by atoms with E-state index in [2.05, 4.69) is 56.1 Å². The molecule has 4 heteroatoms. The fourth-order valence-electron chi connectivity index (χ4n) is 1.76. The topological polar surface area (TPSA) is 51.8 Å². The molecule has 0 aliphatic heterocycles. The first-order chi connectivity index (χ1) is 8.41. The fraction of sp³-hybridized carbons (Fsp3) is 0.429. The average molecular weight is 261 g/mol. The summed E-state index contributed by atoms with van der Waals surface area (Å²) in [5, 5.41) is 10.2. The van der Waals surface area contributed by atoms with E-state index in [1.54, 1.807) is 11.3 Å². The van der Waals surface area contributed by atoms with E-state index in [4.69, 9.17) is 5.73 Å². The largest absolute Gasteiger partial charge is 0.324 e. The Balaban J connectivity index is 2.49. The first kappa shape index (κ1) is 13.2. The number of hydrogen-bond acceptors (Lipinski definition) is 4. The smallest absolute Gasteiger partial charge is 0.148 e. The Bertz CT molecular complexity index is 552. The minimum absolute atomic E-state index is 0.143. The number of aryl methyl sites for hydroxylation is 1. The Kier molecular flexibility index (Phi) is 3.50. The summed E-state index contributed by atoms with van der Waals surface area (Å²) in [5.41, 5.74) is 9.43. The van der Waals surface area contributed by atoms with Crippen molar-refractivity contribution in [1.82, 2.24) is 10.2 Å². The van der Waals surface area contributed by atoms with Crippen LogP contribution in [0, 0.1) is 6.92 Å². The third-order valence-electron chi connectivity index (χ3n) is 2.98. The summed E-state index contributed by atoms with van der Waals surface area (Å²) in [6.07, 6.45) is 0. The van der Waals surface area contributed by atoms with E-state index in [-0.39, 0.29) is 5.41 Å². The number of aromatic nitrogens is 2. The Morgan fingerprint density at radius 2 is 1.94 bits per heavy atom. The summed E-state index contributed by atoms with van der Waals surface area (Å²) in [7, 11) is 0. The van der Waals surface area contributed by atoms with E-state index >= 15 is 0 Å². The second-order valence-electron chi connectivity index (χ2n) is 5.48. The predicted octanol–water partition coefficient (Wildman–Crippen LogP) is 3.27. The summed E-state index contributed by atoms with van der Waals surface area (Å²) in [6, 6.07) is 6.55. The first-order valence-corrected chi connectivity index (χ1v) is 6.87. The zero-order valence-electron chi connectivity index (χ0n) is 11.3. The van der Waals surface area contributed by atoms with Crippen molar-refractivity contribution in [2.24, 2.45) is 5.73 Å². The molecule has 0 saturated carbocycles. The van der Waals surface area contributed by atoms with Crippen molar-refractivity contribution in [1.29, 1.82) is 0 Å². The van der Waals surface area contributed by atoms with Gasteiger partial charge in [0.1, 0.15) is 10.0 Å². The highest BCUT2D eigenvalue weighted by Crippen LogP contribution is 2.31. The number of benzene rings is 1. The lowest BCUT2D eigenvalue weighted by Gasteiger charge is -2.20. The molecule has 0 bridgehead atoms. The van der Waals surface area contributed by atoms with Crippen LogP contribution in [0.3, 0.4) is 0 Å². The van der Waals surface area contributed by atoms with Crippen molar-refractivity contribution >= 4 is 11.3 Å². The second-order valence-corrected chi connectivity index (χ2v) is 6.55. The number of nitrogens with zero attached hydrogens (tertiary/aromatic N) is 2. The van der Waals surface area contributed by atoms with E-state index in [9.17, 15) is 0 Å². The molecule has 2 aromatic rings. The van der Waals surface area contributed by atoms with Gasteiger partial charge in [0.2, 0.25) is 0 Å². The summed E-state index contributed by atoms with van der Waals surface area (Å²) >= 11 is 1.57. The maximum Gasteiger partial charge on any atom is 0.148 e. The lowest BCUT2D eigenvalue weighted by Crippen LogP contribution is -2.11. The molecule has 3 nitrogen and oxygen atoms in total. The Morgan fingerprint density at radius 3 is 2.50 bits per heavy atom. The summed E-state index contributed by atoms with van der Waals surface area (Å²) in [5.74, 6) is 0. The number of rotatable bonds is 2. The summed E-state index contributed by atoms with van der Waals surface area (Å²) in [6.45, 7) is 9.20. The standard InChI is InChI=1S/C14H19N3S/c1-9-5-6-10(14(2,3)4)7-11(9)13-17-16-12(8-15)18-13/h5-7H,8,15H2,1-4H3. The van der Waals surface area contributed by atoms with Crippen LogP contribution in [-0.4, -0.2) is 10.2 Å². The molecule has 0 amide bonds. The summed E-state index contributed by atoms with van der Waals surface area (Å²) in [4.78, 5) is 0. The molecule has 0 radical (unpaired) electrons. The SMILES string of the molecule is Cc1ccc(C(C)(C)C)cc1-c1nnc(CN)s1. The monoisotopic (exact) mass is 261 g/mol. The minimum Gasteiger partial charge on any atom is -0.324 e. The van der Waals surface area contributed by atoms with E-state index in [1.165, 1.54) is 16.7 Å². The molecule has 0 unspecified atom stereocenters. The van der Waals surface area contributed by atoms with Gasteiger partial charge in [0.15, 0.2) is 0 Å². The van der Waals surface area contributed by atoms with E-state index in [0.717, 1.165) is 10.0 Å². The van der Waals surface area contributed by atoms with Gasteiger partial charge >= 0.3 is 0 Å². The van der Waals surface area contributed by atoms with Gasteiger partial charge < -0.3 is 5.73 Å². The zero-order valence-corrected chi connectivity index (χ0v) is 12.1. The summed E-state index contributed by atoms with van der Waals surface area (Å²) < 4.78 is 0. The third-order valence-corrected chi connectivity index (χ3v) is 3.95. The quantitative estimate of drug-likeness (QED) is 0.902. The van der Waals surface area contributed by atoms with Gasteiger partial charge in [0.25, 0.3) is 0 Å². The molecule has 1 aromatic heterocycles. The van der Waals surface area contributed by atoms with Crippen molar-refractivity contribution in [3.8, 4) is 10.6 Å².